The lowest BCUT2D eigenvalue weighted by atomic mass is 10.1. The number of hydrogen-bond acceptors (Lipinski definition) is 3. The SMILES string of the molecule is CCNC(=NCCNC(C)(C)C)N1CCN(CC(C)C)CC1. The van der Waals surface area contributed by atoms with E-state index in [2.05, 4.69) is 62.0 Å². The van der Waals surface area contributed by atoms with Crippen molar-refractivity contribution in [1.82, 2.24) is 20.4 Å². The zero-order chi connectivity index (χ0) is 16.6. The molecule has 1 aliphatic rings. The second-order valence-corrected chi connectivity index (χ2v) is 7.59. The largest absolute Gasteiger partial charge is 0.357 e. The third-order valence-electron chi connectivity index (χ3n) is 3.66. The lowest BCUT2D eigenvalue weighted by Gasteiger charge is -2.37. The summed E-state index contributed by atoms with van der Waals surface area (Å²) in [6, 6.07) is 0. The Labute approximate surface area is 137 Å². The molecule has 1 fully saturated rings. The van der Waals surface area contributed by atoms with Gasteiger partial charge >= 0.3 is 0 Å². The molecule has 0 atom stereocenters. The van der Waals surface area contributed by atoms with Crippen molar-refractivity contribution in [2.75, 3.05) is 52.4 Å². The van der Waals surface area contributed by atoms with Gasteiger partial charge in [0.1, 0.15) is 0 Å². The second-order valence-electron chi connectivity index (χ2n) is 7.59. The Morgan fingerprint density at radius 3 is 2.27 bits per heavy atom. The van der Waals surface area contributed by atoms with Gasteiger partial charge in [0.05, 0.1) is 6.54 Å². The van der Waals surface area contributed by atoms with Gasteiger partial charge in [-0.3, -0.25) is 9.89 Å². The molecule has 0 bridgehead atoms. The molecule has 2 N–H and O–H groups in total. The second kappa shape index (κ2) is 9.36. The van der Waals surface area contributed by atoms with Gasteiger partial charge in [0.2, 0.25) is 0 Å². The molecule has 1 saturated heterocycles. The van der Waals surface area contributed by atoms with Crippen LogP contribution < -0.4 is 10.6 Å². The lowest BCUT2D eigenvalue weighted by Crippen LogP contribution is -2.53. The van der Waals surface area contributed by atoms with Crippen LogP contribution >= 0.6 is 0 Å². The number of nitrogens with zero attached hydrogens (tertiary/aromatic N) is 3. The minimum Gasteiger partial charge on any atom is -0.357 e. The fraction of sp³-hybridized carbons (Fsp3) is 0.941. The molecule has 0 amide bonds. The first-order chi connectivity index (χ1) is 10.3. The van der Waals surface area contributed by atoms with Gasteiger partial charge in [-0.2, -0.15) is 0 Å². The number of aliphatic imine (C=N–C) groups is 1. The minimum absolute atomic E-state index is 0.163. The molecule has 0 radical (unpaired) electrons. The summed E-state index contributed by atoms with van der Waals surface area (Å²) in [4.78, 5) is 9.74. The third-order valence-corrected chi connectivity index (χ3v) is 3.66. The molecular weight excluding hydrogens is 274 g/mol. The highest BCUT2D eigenvalue weighted by molar-refractivity contribution is 5.80. The molecule has 130 valence electrons. The monoisotopic (exact) mass is 311 g/mol. The molecule has 0 aliphatic carbocycles. The van der Waals surface area contributed by atoms with Gasteiger partial charge in [0.25, 0.3) is 0 Å². The average molecular weight is 312 g/mol. The van der Waals surface area contributed by atoms with Crippen LogP contribution in [0.4, 0.5) is 0 Å². The standard InChI is InChI=1S/C17H37N5/c1-7-18-16(19-8-9-20-17(4,5)6)22-12-10-21(11-13-22)14-15(2)3/h15,20H,7-14H2,1-6H3,(H,18,19). The Kier molecular flexibility index (Phi) is 8.18. The molecular formula is C17H37N5. The van der Waals surface area contributed by atoms with E-state index in [9.17, 15) is 0 Å². The van der Waals surface area contributed by atoms with Crippen molar-refractivity contribution in [3.8, 4) is 0 Å². The number of rotatable bonds is 6. The van der Waals surface area contributed by atoms with Crippen LogP contribution in [0.15, 0.2) is 4.99 Å². The topological polar surface area (TPSA) is 42.9 Å². The molecule has 1 rings (SSSR count). The summed E-state index contributed by atoms with van der Waals surface area (Å²) in [5, 5.41) is 6.92. The van der Waals surface area contributed by atoms with E-state index >= 15 is 0 Å². The van der Waals surface area contributed by atoms with E-state index in [1.54, 1.807) is 0 Å². The molecule has 0 spiro atoms. The van der Waals surface area contributed by atoms with Gasteiger partial charge in [-0.15, -0.1) is 0 Å². The molecule has 0 unspecified atom stereocenters. The highest BCUT2D eigenvalue weighted by Crippen LogP contribution is 2.05. The van der Waals surface area contributed by atoms with Crippen LogP contribution in [0.25, 0.3) is 0 Å². The average Bonchev–Trinajstić information content (AvgIpc) is 2.41. The molecule has 1 aliphatic heterocycles. The maximum atomic E-state index is 4.78. The summed E-state index contributed by atoms with van der Waals surface area (Å²) in [7, 11) is 0. The van der Waals surface area contributed by atoms with Crippen LogP contribution in [0.5, 0.6) is 0 Å². The molecule has 5 nitrogen and oxygen atoms in total. The Balaban J connectivity index is 2.43. The molecule has 0 saturated carbocycles. The van der Waals surface area contributed by atoms with Gasteiger partial charge in [-0.1, -0.05) is 13.8 Å². The van der Waals surface area contributed by atoms with E-state index in [-0.39, 0.29) is 5.54 Å². The number of hydrogen-bond donors (Lipinski definition) is 2. The Bertz CT molecular complexity index is 324. The van der Waals surface area contributed by atoms with Crippen molar-refractivity contribution in [3.05, 3.63) is 0 Å². The van der Waals surface area contributed by atoms with Crippen LogP contribution in [0.3, 0.4) is 0 Å². The van der Waals surface area contributed by atoms with Gasteiger partial charge in [0, 0.05) is 51.4 Å². The van der Waals surface area contributed by atoms with E-state index in [1.807, 2.05) is 0 Å². The Morgan fingerprint density at radius 2 is 1.77 bits per heavy atom. The first kappa shape index (κ1) is 19.2. The molecule has 22 heavy (non-hydrogen) atoms. The zero-order valence-corrected chi connectivity index (χ0v) is 15.6. The van der Waals surface area contributed by atoms with E-state index in [1.165, 1.54) is 6.54 Å². The predicted octanol–water partition coefficient (Wildman–Crippen LogP) is 1.61. The molecule has 5 heteroatoms. The summed E-state index contributed by atoms with van der Waals surface area (Å²) in [6.45, 7) is 21.6. The number of nitrogens with one attached hydrogen (secondary N) is 2. The van der Waals surface area contributed by atoms with E-state index < -0.39 is 0 Å². The summed E-state index contributed by atoms with van der Waals surface area (Å²) in [5.41, 5.74) is 0.163. The molecule has 1 heterocycles. The van der Waals surface area contributed by atoms with Gasteiger partial charge in [0.15, 0.2) is 5.96 Å². The Hall–Kier alpha value is -0.810. The highest BCUT2D eigenvalue weighted by Gasteiger charge is 2.19. The zero-order valence-electron chi connectivity index (χ0n) is 15.6. The van der Waals surface area contributed by atoms with Crippen molar-refractivity contribution in [3.63, 3.8) is 0 Å². The van der Waals surface area contributed by atoms with Crippen molar-refractivity contribution >= 4 is 5.96 Å². The molecule has 0 aromatic heterocycles. The van der Waals surface area contributed by atoms with Crippen LogP contribution in [0, 0.1) is 5.92 Å². The fourth-order valence-corrected chi connectivity index (χ4v) is 2.68. The quantitative estimate of drug-likeness (QED) is 0.444. The van der Waals surface area contributed by atoms with E-state index in [0.717, 1.165) is 57.7 Å². The minimum atomic E-state index is 0.163. The number of guanidine groups is 1. The van der Waals surface area contributed by atoms with Gasteiger partial charge < -0.3 is 15.5 Å². The molecule has 0 aromatic rings. The van der Waals surface area contributed by atoms with Crippen molar-refractivity contribution in [2.24, 2.45) is 10.9 Å². The van der Waals surface area contributed by atoms with Crippen molar-refractivity contribution < 1.29 is 0 Å². The van der Waals surface area contributed by atoms with Crippen LogP contribution in [-0.4, -0.2) is 73.7 Å². The smallest absolute Gasteiger partial charge is 0.194 e. The Morgan fingerprint density at radius 1 is 1.14 bits per heavy atom. The maximum absolute atomic E-state index is 4.78. The van der Waals surface area contributed by atoms with Gasteiger partial charge in [-0.25, -0.2) is 0 Å². The summed E-state index contributed by atoms with van der Waals surface area (Å²) >= 11 is 0. The third kappa shape index (κ3) is 7.99. The van der Waals surface area contributed by atoms with Crippen molar-refractivity contribution in [1.29, 1.82) is 0 Å². The fourth-order valence-electron chi connectivity index (χ4n) is 2.68. The highest BCUT2D eigenvalue weighted by atomic mass is 15.3. The number of piperazine rings is 1. The lowest BCUT2D eigenvalue weighted by molar-refractivity contribution is 0.164. The summed E-state index contributed by atoms with van der Waals surface area (Å²) < 4.78 is 0. The normalized spacial score (nSPS) is 18.1. The maximum Gasteiger partial charge on any atom is 0.194 e. The molecule has 0 aromatic carbocycles. The van der Waals surface area contributed by atoms with E-state index in [0.29, 0.717) is 0 Å². The predicted molar refractivity (Wildman–Crippen MR) is 96.6 cm³/mol. The van der Waals surface area contributed by atoms with E-state index in [4.69, 9.17) is 4.99 Å². The summed E-state index contributed by atoms with van der Waals surface area (Å²) in [5.74, 6) is 1.82. The van der Waals surface area contributed by atoms with Crippen LogP contribution in [0.2, 0.25) is 0 Å². The first-order valence-electron chi connectivity index (χ1n) is 8.82. The summed E-state index contributed by atoms with van der Waals surface area (Å²) in [6.07, 6.45) is 0. The van der Waals surface area contributed by atoms with Crippen molar-refractivity contribution in [2.45, 2.75) is 47.1 Å². The van der Waals surface area contributed by atoms with Gasteiger partial charge in [-0.05, 0) is 33.6 Å². The first-order valence-corrected chi connectivity index (χ1v) is 8.82. The van der Waals surface area contributed by atoms with Crippen LogP contribution in [-0.2, 0) is 0 Å². The van der Waals surface area contributed by atoms with Crippen LogP contribution in [0.1, 0.15) is 41.5 Å².